The van der Waals surface area contributed by atoms with E-state index in [1.54, 1.807) is 30.9 Å². The van der Waals surface area contributed by atoms with E-state index in [9.17, 15) is 4.39 Å². The smallest absolute Gasteiger partial charge is 0.250 e. The van der Waals surface area contributed by atoms with Crippen LogP contribution in [0.2, 0.25) is 0 Å². The van der Waals surface area contributed by atoms with Crippen LogP contribution in [-0.4, -0.2) is 10.8 Å². The van der Waals surface area contributed by atoms with Crippen LogP contribution in [0.3, 0.4) is 0 Å². The first-order chi connectivity index (χ1) is 11.2. The summed E-state index contributed by atoms with van der Waals surface area (Å²) in [5, 5.41) is 0.892. The molecule has 23 heavy (non-hydrogen) atoms. The predicted octanol–water partition coefficient (Wildman–Crippen LogP) is 4.40. The predicted molar refractivity (Wildman–Crippen MR) is 84.6 cm³/mol. The van der Waals surface area contributed by atoms with Crippen molar-refractivity contribution in [2.75, 3.05) is 0 Å². The molecule has 0 saturated heterocycles. The van der Waals surface area contributed by atoms with Gasteiger partial charge in [0.25, 0.3) is 5.79 Å². The highest BCUT2D eigenvalue weighted by molar-refractivity contribution is 5.92. The first-order valence-electron chi connectivity index (χ1n) is 7.98. The van der Waals surface area contributed by atoms with Crippen LogP contribution in [0.1, 0.15) is 24.8 Å². The molecule has 2 atom stereocenters. The molecule has 0 amide bonds. The Morgan fingerprint density at radius 3 is 2.83 bits per heavy atom. The Morgan fingerprint density at radius 1 is 1.13 bits per heavy atom. The van der Waals surface area contributed by atoms with Gasteiger partial charge in [-0.3, -0.25) is 4.98 Å². The molecule has 5 rings (SSSR count). The van der Waals surface area contributed by atoms with E-state index < -0.39 is 5.79 Å². The Hall–Kier alpha value is -2.36. The van der Waals surface area contributed by atoms with Crippen LogP contribution >= 0.6 is 0 Å². The van der Waals surface area contributed by atoms with Crippen molar-refractivity contribution in [2.24, 2.45) is 11.8 Å². The summed E-state index contributed by atoms with van der Waals surface area (Å²) in [5.74, 6) is 0.329. The summed E-state index contributed by atoms with van der Waals surface area (Å²) in [5.41, 5.74) is 3.23. The average Bonchev–Trinajstić information content (AvgIpc) is 3.22. The number of allylic oxidation sites excluding steroid dienone is 2. The van der Waals surface area contributed by atoms with Gasteiger partial charge in [-0.1, -0.05) is 6.08 Å². The minimum Gasteiger partial charge on any atom is -0.457 e. The van der Waals surface area contributed by atoms with E-state index in [1.807, 2.05) is 6.07 Å². The van der Waals surface area contributed by atoms with E-state index in [-0.39, 0.29) is 5.82 Å². The van der Waals surface area contributed by atoms with Crippen molar-refractivity contribution in [1.82, 2.24) is 4.98 Å². The lowest BCUT2D eigenvalue weighted by atomic mass is 9.96. The van der Waals surface area contributed by atoms with Gasteiger partial charge in [-0.25, -0.2) is 4.39 Å². The second-order valence-corrected chi connectivity index (χ2v) is 6.67. The second kappa shape index (κ2) is 4.57. The minimum absolute atomic E-state index is 0.219. The Morgan fingerprint density at radius 2 is 2.00 bits per heavy atom. The molecule has 1 spiro atoms. The molecular formula is C19H16FNO2. The third-order valence-corrected chi connectivity index (χ3v) is 5.29. The summed E-state index contributed by atoms with van der Waals surface area (Å²) >= 11 is 0. The molecule has 1 aromatic carbocycles. The largest absolute Gasteiger partial charge is 0.457 e. The van der Waals surface area contributed by atoms with Gasteiger partial charge in [-0.05, 0) is 53.7 Å². The number of hydrogen-bond acceptors (Lipinski definition) is 3. The van der Waals surface area contributed by atoms with Crippen molar-refractivity contribution >= 4 is 16.5 Å². The summed E-state index contributed by atoms with van der Waals surface area (Å²) in [7, 11) is 0. The number of hydrogen-bond donors (Lipinski definition) is 0. The number of benzene rings is 1. The zero-order valence-electron chi connectivity index (χ0n) is 12.5. The number of aromatic nitrogens is 1. The average molecular weight is 309 g/mol. The van der Waals surface area contributed by atoms with Gasteiger partial charge >= 0.3 is 0 Å². The molecule has 116 valence electrons. The molecule has 1 aliphatic heterocycles. The topological polar surface area (TPSA) is 31.4 Å². The van der Waals surface area contributed by atoms with Crippen molar-refractivity contribution in [3.8, 4) is 0 Å². The SMILES string of the molecule is Fc1ccc2nccc(C3=C[C@H]4CC5(C[C@H]4C3)OC=CO5)c2c1. The lowest BCUT2D eigenvalue weighted by Crippen LogP contribution is -2.26. The summed E-state index contributed by atoms with van der Waals surface area (Å²) in [6.07, 6.45) is 10.2. The second-order valence-electron chi connectivity index (χ2n) is 6.67. The van der Waals surface area contributed by atoms with Gasteiger partial charge < -0.3 is 9.47 Å². The van der Waals surface area contributed by atoms with E-state index >= 15 is 0 Å². The van der Waals surface area contributed by atoms with Gasteiger partial charge in [0, 0.05) is 24.4 Å². The molecule has 0 radical (unpaired) electrons. The summed E-state index contributed by atoms with van der Waals surface area (Å²) in [4.78, 5) is 4.34. The van der Waals surface area contributed by atoms with Crippen molar-refractivity contribution < 1.29 is 13.9 Å². The fraction of sp³-hybridized carbons (Fsp3) is 0.316. The van der Waals surface area contributed by atoms with E-state index in [1.165, 1.54) is 11.6 Å². The van der Waals surface area contributed by atoms with Crippen LogP contribution in [0.25, 0.3) is 16.5 Å². The Kier molecular flexibility index (Phi) is 2.61. The Bertz CT molecular complexity index is 850. The highest BCUT2D eigenvalue weighted by atomic mass is 19.1. The molecule has 2 aliphatic carbocycles. The lowest BCUT2D eigenvalue weighted by molar-refractivity contribution is -0.138. The molecule has 3 nitrogen and oxygen atoms in total. The quantitative estimate of drug-likeness (QED) is 0.782. The van der Waals surface area contributed by atoms with Crippen molar-refractivity contribution in [3.05, 3.63) is 60.4 Å². The van der Waals surface area contributed by atoms with E-state index in [0.717, 1.165) is 35.7 Å². The van der Waals surface area contributed by atoms with E-state index in [2.05, 4.69) is 11.1 Å². The third kappa shape index (κ3) is 1.97. The normalized spacial score (nSPS) is 27.1. The van der Waals surface area contributed by atoms with Crippen LogP contribution in [0.15, 0.2) is 49.1 Å². The van der Waals surface area contributed by atoms with Crippen molar-refractivity contribution in [2.45, 2.75) is 25.0 Å². The summed E-state index contributed by atoms with van der Waals surface area (Å²) < 4.78 is 25.0. The minimum atomic E-state index is -0.441. The van der Waals surface area contributed by atoms with Crippen LogP contribution in [-0.2, 0) is 9.47 Å². The highest BCUT2D eigenvalue weighted by Crippen LogP contribution is 2.53. The molecule has 0 unspecified atom stereocenters. The number of rotatable bonds is 1. The molecular weight excluding hydrogens is 293 g/mol. The molecule has 2 aromatic rings. The maximum absolute atomic E-state index is 13.6. The molecule has 0 N–H and O–H groups in total. The summed E-state index contributed by atoms with van der Waals surface area (Å²) in [6, 6.07) is 6.78. The fourth-order valence-corrected chi connectivity index (χ4v) is 4.31. The van der Waals surface area contributed by atoms with Crippen molar-refractivity contribution in [3.63, 3.8) is 0 Å². The Balaban J connectivity index is 1.51. The molecule has 2 heterocycles. The van der Waals surface area contributed by atoms with Crippen LogP contribution in [0.4, 0.5) is 4.39 Å². The van der Waals surface area contributed by atoms with Crippen LogP contribution < -0.4 is 0 Å². The van der Waals surface area contributed by atoms with Crippen molar-refractivity contribution in [1.29, 1.82) is 0 Å². The van der Waals surface area contributed by atoms with Gasteiger partial charge in [0.05, 0.1) is 5.52 Å². The van der Waals surface area contributed by atoms with Gasteiger partial charge in [-0.15, -0.1) is 0 Å². The monoisotopic (exact) mass is 309 g/mol. The molecule has 0 bridgehead atoms. The third-order valence-electron chi connectivity index (χ3n) is 5.29. The van der Waals surface area contributed by atoms with Crippen LogP contribution in [0, 0.1) is 17.7 Å². The van der Waals surface area contributed by atoms with E-state index in [4.69, 9.17) is 9.47 Å². The van der Waals surface area contributed by atoms with E-state index in [0.29, 0.717) is 11.8 Å². The van der Waals surface area contributed by atoms with Gasteiger partial charge in [0.15, 0.2) is 0 Å². The molecule has 1 saturated carbocycles. The van der Waals surface area contributed by atoms with Gasteiger partial charge in [-0.2, -0.15) is 0 Å². The molecule has 1 aromatic heterocycles. The number of ether oxygens (including phenoxy) is 2. The summed E-state index contributed by atoms with van der Waals surface area (Å²) in [6.45, 7) is 0. The maximum atomic E-state index is 13.6. The molecule has 3 aliphatic rings. The fourth-order valence-electron chi connectivity index (χ4n) is 4.31. The molecule has 1 fully saturated rings. The zero-order valence-corrected chi connectivity index (χ0v) is 12.5. The number of pyridine rings is 1. The van der Waals surface area contributed by atoms with Gasteiger partial charge in [0.1, 0.15) is 18.3 Å². The first-order valence-corrected chi connectivity index (χ1v) is 7.98. The lowest BCUT2D eigenvalue weighted by Gasteiger charge is -2.23. The highest BCUT2D eigenvalue weighted by Gasteiger charge is 2.51. The number of fused-ring (bicyclic) bond motifs is 2. The number of halogens is 1. The standard InChI is InChI=1S/C19H16FNO2/c20-15-1-2-18-17(9-15)16(3-4-21-18)12-7-13-10-19(11-14(13)8-12)22-5-6-23-19/h1-7,9,13-14H,8,10-11H2/t13-,14+/m0/s1. The van der Waals surface area contributed by atoms with Gasteiger partial charge in [0.2, 0.25) is 0 Å². The Labute approximate surface area is 133 Å². The molecule has 4 heteroatoms. The number of nitrogens with zero attached hydrogens (tertiary/aromatic N) is 1. The van der Waals surface area contributed by atoms with Crippen LogP contribution in [0.5, 0.6) is 0 Å². The zero-order chi connectivity index (χ0) is 15.4. The first kappa shape index (κ1) is 13.1. The maximum Gasteiger partial charge on any atom is 0.250 e.